The molecule has 0 spiro atoms. The van der Waals surface area contributed by atoms with E-state index in [4.69, 9.17) is 0 Å². The summed E-state index contributed by atoms with van der Waals surface area (Å²) >= 11 is 0. The first-order valence-corrected chi connectivity index (χ1v) is 6.54. The molecule has 0 N–H and O–H groups in total. The van der Waals surface area contributed by atoms with Crippen molar-refractivity contribution in [1.82, 2.24) is 0 Å². The lowest BCUT2D eigenvalue weighted by Crippen LogP contribution is -2.28. The third-order valence-electron chi connectivity index (χ3n) is 4.54. The lowest BCUT2D eigenvalue weighted by molar-refractivity contribution is 0.142. The first-order chi connectivity index (χ1) is 6.54. The predicted molar refractivity (Wildman–Crippen MR) is 64.3 cm³/mol. The van der Waals surface area contributed by atoms with Gasteiger partial charge >= 0.3 is 0 Å². The van der Waals surface area contributed by atoms with Gasteiger partial charge in [-0.15, -0.1) is 0 Å². The van der Waals surface area contributed by atoms with E-state index in [0.717, 1.165) is 29.6 Å². The monoisotopic (exact) mass is 196 g/mol. The van der Waals surface area contributed by atoms with Crippen LogP contribution in [0, 0.1) is 29.6 Å². The Balaban J connectivity index is 2.68. The maximum Gasteiger partial charge on any atom is -0.0334 e. The van der Waals surface area contributed by atoms with Gasteiger partial charge in [-0.2, -0.15) is 0 Å². The maximum absolute atomic E-state index is 2.48. The molecular formula is C14H28. The minimum absolute atomic E-state index is 0.850. The van der Waals surface area contributed by atoms with Crippen molar-refractivity contribution in [2.45, 2.75) is 60.3 Å². The highest BCUT2D eigenvalue weighted by atomic mass is 14.4. The van der Waals surface area contributed by atoms with Gasteiger partial charge in [0, 0.05) is 0 Å². The van der Waals surface area contributed by atoms with Gasteiger partial charge in [0.05, 0.1) is 0 Å². The molecular weight excluding hydrogens is 168 g/mol. The van der Waals surface area contributed by atoms with Gasteiger partial charge in [0.25, 0.3) is 0 Å². The van der Waals surface area contributed by atoms with E-state index in [1.807, 2.05) is 0 Å². The Morgan fingerprint density at radius 2 is 1.29 bits per heavy atom. The molecule has 1 saturated carbocycles. The summed E-state index contributed by atoms with van der Waals surface area (Å²) in [5.74, 6) is 4.62. The highest BCUT2D eigenvalue weighted by Crippen LogP contribution is 2.40. The summed E-state index contributed by atoms with van der Waals surface area (Å²) < 4.78 is 0. The largest absolute Gasteiger partial charge is 0.0625 e. The van der Waals surface area contributed by atoms with Gasteiger partial charge in [-0.25, -0.2) is 0 Å². The van der Waals surface area contributed by atoms with Crippen LogP contribution >= 0.6 is 0 Å². The molecule has 84 valence electrons. The Labute approximate surface area is 90.5 Å². The Bertz CT molecular complexity index is 147. The van der Waals surface area contributed by atoms with Gasteiger partial charge in [-0.3, -0.25) is 0 Å². The van der Waals surface area contributed by atoms with Crippen molar-refractivity contribution in [1.29, 1.82) is 0 Å². The van der Waals surface area contributed by atoms with E-state index in [9.17, 15) is 0 Å². The molecule has 0 heteroatoms. The van der Waals surface area contributed by atoms with Gasteiger partial charge in [0.15, 0.2) is 0 Å². The van der Waals surface area contributed by atoms with Crippen molar-refractivity contribution in [3.63, 3.8) is 0 Å². The normalized spacial score (nSPS) is 36.9. The predicted octanol–water partition coefficient (Wildman–Crippen LogP) is 4.74. The van der Waals surface area contributed by atoms with Gasteiger partial charge < -0.3 is 0 Å². The molecule has 1 aliphatic carbocycles. The standard InChI is InChI=1S/C14H28/c1-10(2)13(5)14-11(3)8-6-7-9-12(14)4/h10-14H,6-9H2,1-5H3. The molecule has 14 heavy (non-hydrogen) atoms. The van der Waals surface area contributed by atoms with Gasteiger partial charge in [-0.05, 0) is 29.6 Å². The molecule has 0 saturated heterocycles. The first-order valence-electron chi connectivity index (χ1n) is 6.54. The van der Waals surface area contributed by atoms with E-state index in [2.05, 4.69) is 34.6 Å². The zero-order valence-electron chi connectivity index (χ0n) is 10.7. The molecule has 3 atom stereocenters. The molecule has 1 fully saturated rings. The van der Waals surface area contributed by atoms with E-state index >= 15 is 0 Å². The van der Waals surface area contributed by atoms with Crippen molar-refractivity contribution in [2.75, 3.05) is 0 Å². The topological polar surface area (TPSA) is 0 Å². The molecule has 0 aliphatic heterocycles. The highest BCUT2D eigenvalue weighted by Gasteiger charge is 2.31. The van der Waals surface area contributed by atoms with E-state index in [1.54, 1.807) is 0 Å². The average Bonchev–Trinajstić information content (AvgIpc) is 2.26. The van der Waals surface area contributed by atoms with Crippen LogP contribution in [0.3, 0.4) is 0 Å². The smallest absolute Gasteiger partial charge is 0.0334 e. The zero-order chi connectivity index (χ0) is 10.7. The molecule has 0 aromatic carbocycles. The summed E-state index contributed by atoms with van der Waals surface area (Å²) in [5.41, 5.74) is 0. The summed E-state index contributed by atoms with van der Waals surface area (Å²) in [7, 11) is 0. The third kappa shape index (κ3) is 2.74. The number of hydrogen-bond donors (Lipinski definition) is 0. The van der Waals surface area contributed by atoms with Crippen LogP contribution in [-0.4, -0.2) is 0 Å². The molecule has 0 bridgehead atoms. The van der Waals surface area contributed by atoms with Crippen LogP contribution in [0.1, 0.15) is 60.3 Å². The lowest BCUT2D eigenvalue weighted by Gasteiger charge is -2.35. The fraction of sp³-hybridized carbons (Fsp3) is 1.00. The van der Waals surface area contributed by atoms with Crippen LogP contribution in [0.4, 0.5) is 0 Å². The first kappa shape index (κ1) is 12.1. The van der Waals surface area contributed by atoms with Crippen molar-refractivity contribution in [3.8, 4) is 0 Å². The van der Waals surface area contributed by atoms with Crippen molar-refractivity contribution in [2.24, 2.45) is 29.6 Å². The molecule has 0 nitrogen and oxygen atoms in total. The van der Waals surface area contributed by atoms with Gasteiger partial charge in [0.2, 0.25) is 0 Å². The summed E-state index contributed by atoms with van der Waals surface area (Å²) in [5, 5.41) is 0. The second kappa shape index (κ2) is 5.19. The highest BCUT2D eigenvalue weighted by molar-refractivity contribution is 4.81. The Morgan fingerprint density at radius 1 is 0.857 bits per heavy atom. The van der Waals surface area contributed by atoms with Gasteiger partial charge in [-0.1, -0.05) is 60.3 Å². The summed E-state index contributed by atoms with van der Waals surface area (Å²) in [6.07, 6.45) is 5.86. The fourth-order valence-electron chi connectivity index (χ4n) is 3.36. The molecule has 0 heterocycles. The molecule has 0 amide bonds. The average molecular weight is 196 g/mol. The van der Waals surface area contributed by atoms with Crippen LogP contribution in [0.5, 0.6) is 0 Å². The van der Waals surface area contributed by atoms with Crippen LogP contribution in [0.2, 0.25) is 0 Å². The minimum atomic E-state index is 0.850. The Kier molecular flexibility index (Phi) is 4.47. The van der Waals surface area contributed by atoms with E-state index in [-0.39, 0.29) is 0 Å². The van der Waals surface area contributed by atoms with Crippen LogP contribution in [0.15, 0.2) is 0 Å². The second-order valence-electron chi connectivity index (χ2n) is 5.92. The molecule has 1 aliphatic rings. The van der Waals surface area contributed by atoms with Gasteiger partial charge in [0.1, 0.15) is 0 Å². The van der Waals surface area contributed by atoms with Crippen molar-refractivity contribution in [3.05, 3.63) is 0 Å². The number of hydrogen-bond acceptors (Lipinski definition) is 0. The molecule has 0 aromatic rings. The van der Waals surface area contributed by atoms with E-state index in [1.165, 1.54) is 25.7 Å². The summed E-state index contributed by atoms with van der Waals surface area (Å²) in [4.78, 5) is 0. The van der Waals surface area contributed by atoms with Crippen LogP contribution in [0.25, 0.3) is 0 Å². The third-order valence-corrected chi connectivity index (χ3v) is 4.54. The zero-order valence-corrected chi connectivity index (χ0v) is 10.7. The van der Waals surface area contributed by atoms with Crippen molar-refractivity contribution < 1.29 is 0 Å². The molecule has 0 aromatic heterocycles. The summed E-state index contributed by atoms with van der Waals surface area (Å²) in [6, 6.07) is 0. The maximum atomic E-state index is 2.48. The summed E-state index contributed by atoms with van der Waals surface area (Å²) in [6.45, 7) is 12.2. The van der Waals surface area contributed by atoms with E-state index < -0.39 is 0 Å². The number of rotatable bonds is 2. The molecule has 0 radical (unpaired) electrons. The fourth-order valence-corrected chi connectivity index (χ4v) is 3.36. The van der Waals surface area contributed by atoms with E-state index in [0.29, 0.717) is 0 Å². The Hall–Kier alpha value is 0. The SMILES string of the molecule is CC(C)C(C)C1C(C)CCCCC1C. The second-order valence-corrected chi connectivity index (χ2v) is 5.92. The van der Waals surface area contributed by atoms with Crippen molar-refractivity contribution >= 4 is 0 Å². The molecule has 3 unspecified atom stereocenters. The Morgan fingerprint density at radius 3 is 1.64 bits per heavy atom. The minimum Gasteiger partial charge on any atom is -0.0625 e. The van der Waals surface area contributed by atoms with Crippen LogP contribution < -0.4 is 0 Å². The quantitative estimate of drug-likeness (QED) is 0.560. The molecule has 1 rings (SSSR count). The lowest BCUT2D eigenvalue weighted by atomic mass is 9.71. The van der Waals surface area contributed by atoms with Crippen LogP contribution in [-0.2, 0) is 0 Å².